The molecule has 1 N–H and O–H groups in total. The van der Waals surface area contributed by atoms with Crippen LogP contribution in [0.5, 0.6) is 5.75 Å². The molecule has 0 aliphatic heterocycles. The van der Waals surface area contributed by atoms with E-state index in [1.807, 2.05) is 20.1 Å². The van der Waals surface area contributed by atoms with Crippen LogP contribution in [-0.4, -0.2) is 57.1 Å². The molecule has 0 aliphatic carbocycles. The number of sulfonamides is 1. The van der Waals surface area contributed by atoms with Crippen LogP contribution in [0.4, 0.5) is 5.69 Å². The Morgan fingerprint density at radius 2 is 1.59 bits per heavy atom. The lowest BCUT2D eigenvalue weighted by atomic mass is 10.1. The first-order valence-electron chi connectivity index (χ1n) is 14.5. The summed E-state index contributed by atoms with van der Waals surface area (Å²) in [6.45, 7) is 5.91. The summed E-state index contributed by atoms with van der Waals surface area (Å²) in [5.41, 5.74) is 0.735. The van der Waals surface area contributed by atoms with Gasteiger partial charge in [0.1, 0.15) is 18.3 Å². The first kappa shape index (κ1) is 35.6. The van der Waals surface area contributed by atoms with Gasteiger partial charge in [0.25, 0.3) is 10.0 Å². The summed E-state index contributed by atoms with van der Waals surface area (Å²) in [6.07, 6.45) is 3.86. The summed E-state index contributed by atoms with van der Waals surface area (Å²) in [5, 5.41) is 3.58. The lowest BCUT2D eigenvalue weighted by molar-refractivity contribution is -0.140. The zero-order chi connectivity index (χ0) is 32.3. The van der Waals surface area contributed by atoms with Crippen LogP contribution in [0.25, 0.3) is 0 Å². The van der Waals surface area contributed by atoms with Gasteiger partial charge in [0.15, 0.2) is 0 Å². The summed E-state index contributed by atoms with van der Waals surface area (Å²) >= 11 is 14.5. The molecule has 0 fully saturated rings. The third-order valence-electron chi connectivity index (χ3n) is 6.97. The first-order valence-corrected chi connectivity index (χ1v) is 17.9. The lowest BCUT2D eigenvalue weighted by Crippen LogP contribution is -2.52. The Morgan fingerprint density at radius 1 is 0.955 bits per heavy atom. The molecule has 0 saturated carbocycles. The predicted octanol–water partition coefficient (Wildman–Crippen LogP) is 7.03. The zero-order valence-electron chi connectivity index (χ0n) is 25.4. The molecule has 0 spiro atoms. The molecule has 3 aromatic carbocycles. The minimum Gasteiger partial charge on any atom is -0.494 e. The lowest BCUT2D eigenvalue weighted by Gasteiger charge is -2.33. The molecule has 8 nitrogen and oxygen atoms in total. The number of ether oxygens (including phenoxy) is 1. The van der Waals surface area contributed by atoms with Crippen molar-refractivity contribution >= 4 is 62.5 Å². The van der Waals surface area contributed by atoms with Gasteiger partial charge in [-0.05, 0) is 86.7 Å². The molecular formula is C32H39Cl2N3O5S2. The topological polar surface area (TPSA) is 96.0 Å². The van der Waals surface area contributed by atoms with E-state index in [2.05, 4.69) is 5.32 Å². The molecule has 0 unspecified atom stereocenters. The van der Waals surface area contributed by atoms with Crippen LogP contribution in [-0.2, 0) is 26.2 Å². The van der Waals surface area contributed by atoms with E-state index in [1.165, 1.54) is 28.8 Å². The van der Waals surface area contributed by atoms with E-state index in [0.717, 1.165) is 22.0 Å². The largest absolute Gasteiger partial charge is 0.494 e. The molecule has 0 radical (unpaired) electrons. The van der Waals surface area contributed by atoms with Crippen LogP contribution in [0.1, 0.15) is 45.6 Å². The van der Waals surface area contributed by atoms with Gasteiger partial charge < -0.3 is 15.0 Å². The molecule has 238 valence electrons. The van der Waals surface area contributed by atoms with Gasteiger partial charge >= 0.3 is 0 Å². The maximum absolute atomic E-state index is 14.3. The van der Waals surface area contributed by atoms with Crippen molar-refractivity contribution in [1.82, 2.24) is 10.2 Å². The van der Waals surface area contributed by atoms with Gasteiger partial charge in [0.05, 0.1) is 17.2 Å². The van der Waals surface area contributed by atoms with E-state index in [0.29, 0.717) is 34.5 Å². The van der Waals surface area contributed by atoms with E-state index in [4.69, 9.17) is 27.9 Å². The molecule has 0 bridgehead atoms. The number of carbonyl (C=O) groups excluding carboxylic acids is 2. The summed E-state index contributed by atoms with van der Waals surface area (Å²) in [6, 6.07) is 17.1. The average molecular weight is 681 g/mol. The molecule has 0 saturated heterocycles. The van der Waals surface area contributed by atoms with Crippen molar-refractivity contribution < 1.29 is 22.7 Å². The summed E-state index contributed by atoms with van der Waals surface area (Å²) < 4.78 is 34.8. The van der Waals surface area contributed by atoms with Crippen LogP contribution < -0.4 is 14.4 Å². The number of nitrogens with zero attached hydrogens (tertiary/aromatic N) is 2. The monoisotopic (exact) mass is 679 g/mol. The predicted molar refractivity (Wildman–Crippen MR) is 179 cm³/mol. The van der Waals surface area contributed by atoms with Crippen molar-refractivity contribution in [3.8, 4) is 5.75 Å². The van der Waals surface area contributed by atoms with Crippen molar-refractivity contribution in [2.45, 2.75) is 62.4 Å². The third-order valence-corrected chi connectivity index (χ3v) is 10.2. The summed E-state index contributed by atoms with van der Waals surface area (Å²) in [4.78, 5) is 29.9. The number of nitrogens with one attached hydrogen (secondary N) is 1. The van der Waals surface area contributed by atoms with Crippen molar-refractivity contribution in [3.05, 3.63) is 82.3 Å². The highest BCUT2D eigenvalue weighted by atomic mass is 35.5. The van der Waals surface area contributed by atoms with E-state index >= 15 is 0 Å². The number of anilines is 1. The van der Waals surface area contributed by atoms with Gasteiger partial charge in [-0.15, -0.1) is 11.8 Å². The van der Waals surface area contributed by atoms with Crippen LogP contribution in [0, 0.1) is 0 Å². The number of hydrogen-bond acceptors (Lipinski definition) is 6. The van der Waals surface area contributed by atoms with Crippen LogP contribution in [0.15, 0.2) is 76.5 Å². The number of benzene rings is 3. The second kappa shape index (κ2) is 17.0. The minimum atomic E-state index is -4.21. The quantitative estimate of drug-likeness (QED) is 0.129. The molecular weight excluding hydrogens is 641 g/mol. The first-order chi connectivity index (χ1) is 21.1. The van der Waals surface area contributed by atoms with Gasteiger partial charge in [-0.25, -0.2) is 8.42 Å². The van der Waals surface area contributed by atoms with Gasteiger partial charge in [-0.1, -0.05) is 49.5 Å². The fraction of sp³-hybridized carbons (Fsp3) is 0.375. The second-order valence-corrected chi connectivity index (χ2v) is 13.5. The SMILES string of the molecule is CCCCNC(=O)[C@@H](CC)N(Cc1c(Cl)cccc1Cl)C(=O)CN(c1ccc(OCC)cc1)S(=O)(=O)c1ccc(SC)cc1. The Hall–Kier alpha value is -2.92. The van der Waals surface area contributed by atoms with E-state index in [9.17, 15) is 18.0 Å². The zero-order valence-corrected chi connectivity index (χ0v) is 28.5. The Morgan fingerprint density at radius 3 is 2.14 bits per heavy atom. The highest BCUT2D eigenvalue weighted by Crippen LogP contribution is 2.30. The number of carbonyl (C=O) groups is 2. The molecule has 3 rings (SSSR count). The second-order valence-electron chi connectivity index (χ2n) is 9.90. The van der Waals surface area contributed by atoms with Gasteiger partial charge in [0.2, 0.25) is 11.8 Å². The Balaban J connectivity index is 2.08. The Bertz CT molecular complexity index is 1480. The highest BCUT2D eigenvalue weighted by Gasteiger charge is 2.34. The number of rotatable bonds is 16. The van der Waals surface area contributed by atoms with Crippen LogP contribution in [0.2, 0.25) is 10.0 Å². The summed E-state index contributed by atoms with van der Waals surface area (Å²) in [7, 11) is -4.21. The van der Waals surface area contributed by atoms with Gasteiger partial charge in [0, 0.05) is 33.6 Å². The highest BCUT2D eigenvalue weighted by molar-refractivity contribution is 7.98. The number of unbranched alkanes of at least 4 members (excludes halogenated alkanes) is 1. The maximum Gasteiger partial charge on any atom is 0.264 e. The van der Waals surface area contributed by atoms with Crippen molar-refractivity contribution in [1.29, 1.82) is 0 Å². The van der Waals surface area contributed by atoms with E-state index in [1.54, 1.807) is 61.5 Å². The number of thioether (sulfide) groups is 1. The number of amides is 2. The Kier molecular flexibility index (Phi) is 13.7. The van der Waals surface area contributed by atoms with Crippen LogP contribution >= 0.6 is 35.0 Å². The molecule has 0 aliphatic rings. The maximum atomic E-state index is 14.3. The fourth-order valence-electron chi connectivity index (χ4n) is 4.56. The minimum absolute atomic E-state index is 0.0297. The van der Waals surface area contributed by atoms with Crippen molar-refractivity contribution in [2.75, 3.05) is 30.3 Å². The van der Waals surface area contributed by atoms with E-state index < -0.39 is 28.5 Å². The number of hydrogen-bond donors (Lipinski definition) is 1. The Labute approximate surface area is 275 Å². The molecule has 0 aromatic heterocycles. The molecule has 0 heterocycles. The molecule has 12 heteroatoms. The number of halogens is 2. The molecule has 3 aromatic rings. The van der Waals surface area contributed by atoms with Crippen LogP contribution in [0.3, 0.4) is 0 Å². The van der Waals surface area contributed by atoms with Crippen molar-refractivity contribution in [2.24, 2.45) is 0 Å². The molecule has 2 amide bonds. The van der Waals surface area contributed by atoms with Gasteiger partial charge in [-0.2, -0.15) is 0 Å². The molecule has 44 heavy (non-hydrogen) atoms. The van der Waals surface area contributed by atoms with Gasteiger partial charge in [-0.3, -0.25) is 13.9 Å². The fourth-order valence-corrected chi connectivity index (χ4v) is 6.90. The average Bonchev–Trinajstić information content (AvgIpc) is 3.01. The normalized spacial score (nSPS) is 12.0. The summed E-state index contributed by atoms with van der Waals surface area (Å²) in [5.74, 6) is -0.355. The van der Waals surface area contributed by atoms with E-state index in [-0.39, 0.29) is 29.5 Å². The van der Waals surface area contributed by atoms with Crippen molar-refractivity contribution in [3.63, 3.8) is 0 Å². The molecule has 1 atom stereocenters. The standard InChI is InChI=1S/C32H39Cl2N3O5S2/c1-5-8-20-35-32(39)30(6-2)36(21-27-28(33)10-9-11-29(27)34)31(38)22-37(23-12-14-24(15-13-23)42-7-3)44(40,41)26-18-16-25(43-4)17-19-26/h9-19,30H,5-8,20-22H2,1-4H3,(H,35,39)/t30-/m1/s1. The smallest absolute Gasteiger partial charge is 0.264 e. The third kappa shape index (κ3) is 9.06.